The Balaban J connectivity index is 2.63. The van der Waals surface area contributed by atoms with Gasteiger partial charge in [-0.2, -0.15) is 0 Å². The summed E-state index contributed by atoms with van der Waals surface area (Å²) in [6.07, 6.45) is 0.0734. The number of anilines is 1. The molecule has 0 unspecified atom stereocenters. The van der Waals surface area contributed by atoms with Crippen LogP contribution in [0.3, 0.4) is 0 Å². The van der Waals surface area contributed by atoms with Crippen molar-refractivity contribution in [3.63, 3.8) is 0 Å². The lowest BCUT2D eigenvalue weighted by Crippen LogP contribution is -2.18. The van der Waals surface area contributed by atoms with Crippen LogP contribution in [-0.4, -0.2) is 37.0 Å². The number of hydrogen-bond acceptors (Lipinski definition) is 4. The van der Waals surface area contributed by atoms with Crippen molar-refractivity contribution in [2.75, 3.05) is 17.1 Å². The van der Waals surface area contributed by atoms with E-state index in [-0.39, 0.29) is 6.61 Å². The van der Waals surface area contributed by atoms with Gasteiger partial charge < -0.3 is 10.2 Å². The van der Waals surface area contributed by atoms with E-state index in [0.717, 1.165) is 5.56 Å². The Morgan fingerprint density at radius 3 is 2.33 bits per heavy atom. The first-order chi connectivity index (χ1) is 8.43. The van der Waals surface area contributed by atoms with Gasteiger partial charge in [-0.1, -0.05) is 12.1 Å². The van der Waals surface area contributed by atoms with E-state index < -0.39 is 28.2 Å². The largest absolute Gasteiger partial charge is 0.481 e. The highest BCUT2D eigenvalue weighted by atomic mass is 32.2. The molecule has 0 amide bonds. The first-order valence-corrected chi connectivity index (χ1v) is 7.00. The second-order valence-corrected chi connectivity index (χ2v) is 5.58. The maximum Gasteiger partial charge on any atom is 0.304 e. The number of carboxylic acid groups (broad SMARTS) is 1. The van der Waals surface area contributed by atoms with Crippen molar-refractivity contribution < 1.29 is 23.4 Å². The fourth-order valence-electron chi connectivity index (χ4n) is 1.32. The molecule has 0 radical (unpaired) electrons. The van der Waals surface area contributed by atoms with Gasteiger partial charge in [-0.3, -0.25) is 9.52 Å². The monoisotopic (exact) mass is 273 g/mol. The van der Waals surface area contributed by atoms with E-state index in [1.807, 2.05) is 0 Å². The predicted molar refractivity (Wildman–Crippen MR) is 66.9 cm³/mol. The molecule has 1 aromatic rings. The first kappa shape index (κ1) is 14.5. The SMILES string of the molecule is O=C(O)CCS(=O)(=O)Nc1ccc(CCO)cc1. The molecule has 0 heterocycles. The highest BCUT2D eigenvalue weighted by molar-refractivity contribution is 7.92. The fourth-order valence-corrected chi connectivity index (χ4v) is 2.36. The molecular weight excluding hydrogens is 258 g/mol. The highest BCUT2D eigenvalue weighted by Crippen LogP contribution is 2.12. The van der Waals surface area contributed by atoms with Crippen LogP contribution < -0.4 is 4.72 Å². The Hall–Kier alpha value is -1.60. The van der Waals surface area contributed by atoms with Crippen molar-refractivity contribution in [3.05, 3.63) is 29.8 Å². The molecule has 7 heteroatoms. The van der Waals surface area contributed by atoms with Crippen molar-refractivity contribution in [2.24, 2.45) is 0 Å². The van der Waals surface area contributed by atoms with Crippen molar-refractivity contribution in [1.29, 1.82) is 0 Å². The Labute approximate surface area is 105 Å². The van der Waals surface area contributed by atoms with Crippen LogP contribution in [0.25, 0.3) is 0 Å². The van der Waals surface area contributed by atoms with Gasteiger partial charge in [0, 0.05) is 12.3 Å². The van der Waals surface area contributed by atoms with E-state index in [2.05, 4.69) is 4.72 Å². The number of aliphatic carboxylic acids is 1. The molecule has 0 aromatic heterocycles. The molecule has 0 bridgehead atoms. The van der Waals surface area contributed by atoms with Crippen molar-refractivity contribution in [1.82, 2.24) is 0 Å². The molecule has 0 fully saturated rings. The zero-order valence-electron chi connectivity index (χ0n) is 9.67. The Morgan fingerprint density at radius 1 is 1.22 bits per heavy atom. The quantitative estimate of drug-likeness (QED) is 0.668. The van der Waals surface area contributed by atoms with Crippen molar-refractivity contribution >= 4 is 21.7 Å². The number of hydrogen-bond donors (Lipinski definition) is 3. The molecule has 0 spiro atoms. The average Bonchev–Trinajstić information content (AvgIpc) is 2.29. The summed E-state index contributed by atoms with van der Waals surface area (Å²) < 4.78 is 25.3. The molecule has 0 atom stereocenters. The second-order valence-electron chi connectivity index (χ2n) is 3.74. The minimum absolute atomic E-state index is 0.0314. The van der Waals surface area contributed by atoms with Crippen LogP contribution in [0.5, 0.6) is 0 Å². The standard InChI is InChI=1S/C11H15NO5S/c13-7-5-9-1-3-10(4-2-9)12-18(16,17)8-6-11(14)15/h1-4,12-13H,5-8H2,(H,14,15). The summed E-state index contributed by atoms with van der Waals surface area (Å²) in [7, 11) is -3.64. The summed E-state index contributed by atoms with van der Waals surface area (Å²) >= 11 is 0. The Kier molecular flexibility index (Phi) is 5.11. The second kappa shape index (κ2) is 6.36. The van der Waals surface area contributed by atoms with Gasteiger partial charge in [-0.05, 0) is 24.1 Å². The van der Waals surface area contributed by atoms with Gasteiger partial charge in [-0.25, -0.2) is 8.42 Å². The van der Waals surface area contributed by atoms with Gasteiger partial charge in [0.2, 0.25) is 10.0 Å². The lowest BCUT2D eigenvalue weighted by atomic mass is 10.1. The maximum atomic E-state index is 11.5. The van der Waals surface area contributed by atoms with Gasteiger partial charge in [0.05, 0.1) is 12.2 Å². The van der Waals surface area contributed by atoms with Gasteiger partial charge in [0.25, 0.3) is 0 Å². The minimum Gasteiger partial charge on any atom is -0.481 e. The van der Waals surface area contributed by atoms with Crippen LogP contribution >= 0.6 is 0 Å². The van der Waals surface area contributed by atoms with E-state index in [4.69, 9.17) is 10.2 Å². The topological polar surface area (TPSA) is 104 Å². The average molecular weight is 273 g/mol. The number of aliphatic hydroxyl groups is 1. The number of aliphatic hydroxyl groups excluding tert-OH is 1. The molecule has 18 heavy (non-hydrogen) atoms. The van der Waals surface area contributed by atoms with Crippen LogP contribution in [0.15, 0.2) is 24.3 Å². The number of sulfonamides is 1. The van der Waals surface area contributed by atoms with Crippen LogP contribution in [-0.2, 0) is 21.2 Å². The number of carboxylic acids is 1. The molecule has 6 nitrogen and oxygen atoms in total. The molecule has 0 aliphatic heterocycles. The van der Waals surface area contributed by atoms with E-state index >= 15 is 0 Å². The minimum atomic E-state index is -3.64. The highest BCUT2D eigenvalue weighted by Gasteiger charge is 2.12. The van der Waals surface area contributed by atoms with Gasteiger partial charge in [0.1, 0.15) is 0 Å². The number of rotatable bonds is 7. The van der Waals surface area contributed by atoms with Gasteiger partial charge in [-0.15, -0.1) is 0 Å². The van der Waals surface area contributed by atoms with Crippen LogP contribution in [0.1, 0.15) is 12.0 Å². The first-order valence-electron chi connectivity index (χ1n) is 5.35. The number of carbonyl (C=O) groups is 1. The van der Waals surface area contributed by atoms with Gasteiger partial charge in [0.15, 0.2) is 0 Å². The molecule has 100 valence electrons. The molecule has 0 saturated heterocycles. The van der Waals surface area contributed by atoms with E-state index in [0.29, 0.717) is 12.1 Å². The number of benzene rings is 1. The molecule has 0 saturated carbocycles. The molecular formula is C11H15NO5S. The fraction of sp³-hybridized carbons (Fsp3) is 0.364. The molecule has 3 N–H and O–H groups in total. The summed E-state index contributed by atoms with van der Waals surface area (Å²) in [6, 6.07) is 6.54. The third-order valence-corrected chi connectivity index (χ3v) is 3.50. The summed E-state index contributed by atoms with van der Waals surface area (Å²) in [4.78, 5) is 10.3. The number of nitrogens with one attached hydrogen (secondary N) is 1. The zero-order chi connectivity index (χ0) is 13.6. The normalized spacial score (nSPS) is 11.2. The lowest BCUT2D eigenvalue weighted by Gasteiger charge is -2.07. The summed E-state index contributed by atoms with van der Waals surface area (Å²) in [5.41, 5.74) is 1.27. The third kappa shape index (κ3) is 5.15. The molecule has 0 aliphatic carbocycles. The van der Waals surface area contributed by atoms with Crippen molar-refractivity contribution in [2.45, 2.75) is 12.8 Å². The van der Waals surface area contributed by atoms with E-state index in [1.165, 1.54) is 0 Å². The van der Waals surface area contributed by atoms with Crippen LogP contribution in [0, 0.1) is 0 Å². The third-order valence-electron chi connectivity index (χ3n) is 2.21. The summed E-state index contributed by atoms with van der Waals surface area (Å²) in [6.45, 7) is 0.0314. The predicted octanol–water partition coefficient (Wildman–Crippen LogP) is 0.438. The molecule has 0 aliphatic rings. The van der Waals surface area contributed by atoms with Crippen LogP contribution in [0.4, 0.5) is 5.69 Å². The molecule has 1 rings (SSSR count). The van der Waals surface area contributed by atoms with E-state index in [9.17, 15) is 13.2 Å². The smallest absolute Gasteiger partial charge is 0.304 e. The lowest BCUT2D eigenvalue weighted by molar-refractivity contribution is -0.136. The Morgan fingerprint density at radius 2 is 1.83 bits per heavy atom. The van der Waals surface area contributed by atoms with Crippen LogP contribution in [0.2, 0.25) is 0 Å². The van der Waals surface area contributed by atoms with Crippen molar-refractivity contribution in [3.8, 4) is 0 Å². The zero-order valence-corrected chi connectivity index (χ0v) is 10.5. The van der Waals surface area contributed by atoms with Gasteiger partial charge >= 0.3 is 5.97 Å². The summed E-state index contributed by atoms with van der Waals surface area (Å²) in [5, 5.41) is 17.2. The van der Waals surface area contributed by atoms with E-state index in [1.54, 1.807) is 24.3 Å². The maximum absolute atomic E-state index is 11.5. The molecule has 1 aromatic carbocycles. The Bertz CT molecular complexity index is 495. The summed E-state index contributed by atoms with van der Waals surface area (Å²) in [5.74, 6) is -1.61.